The molecular weight excluding hydrogens is 296 g/mol. The molecule has 5 aromatic rings. The molecule has 118 valence electrons. The molecule has 0 N–H and O–H groups in total. The van der Waals surface area contributed by atoms with Gasteiger partial charge < -0.3 is 8.98 Å². The fourth-order valence-electron chi connectivity index (χ4n) is 4.15. The van der Waals surface area contributed by atoms with E-state index in [1.54, 1.807) is 0 Å². The van der Waals surface area contributed by atoms with Crippen molar-refractivity contribution in [2.75, 3.05) is 0 Å². The molecule has 0 fully saturated rings. The van der Waals surface area contributed by atoms with Gasteiger partial charge in [-0.1, -0.05) is 6.07 Å². The van der Waals surface area contributed by atoms with Crippen LogP contribution in [0.4, 0.5) is 0 Å². The van der Waals surface area contributed by atoms with Crippen molar-refractivity contribution >= 4 is 43.7 Å². The van der Waals surface area contributed by atoms with Crippen molar-refractivity contribution in [3.63, 3.8) is 0 Å². The lowest BCUT2D eigenvalue weighted by atomic mass is 10.00. The summed E-state index contributed by atoms with van der Waals surface area (Å²) in [6.45, 7) is 4.32. The molecule has 0 radical (unpaired) electrons. The van der Waals surface area contributed by atoms with Crippen LogP contribution in [0.3, 0.4) is 0 Å². The zero-order valence-corrected chi connectivity index (χ0v) is 14.3. The summed E-state index contributed by atoms with van der Waals surface area (Å²) in [5.74, 6) is 0. The molecule has 0 aliphatic heterocycles. The summed E-state index contributed by atoms with van der Waals surface area (Å²) < 4.78 is 10.8. The summed E-state index contributed by atoms with van der Waals surface area (Å²) in [5, 5.41) is 4.86. The van der Waals surface area contributed by atoms with E-state index >= 15 is 0 Å². The van der Waals surface area contributed by atoms with Crippen molar-refractivity contribution in [3.8, 4) is 0 Å². The van der Waals surface area contributed by atoms with Crippen molar-refractivity contribution in [2.24, 2.45) is 14.1 Å². The average molecular weight is 315 g/mol. The quantitative estimate of drug-likeness (QED) is 0.231. The summed E-state index contributed by atoms with van der Waals surface area (Å²) in [5.41, 5.74) is 6.91. The molecule has 0 aliphatic carbocycles. The van der Waals surface area contributed by atoms with Crippen LogP contribution in [0.5, 0.6) is 0 Å². The minimum absolute atomic E-state index is 0.951. The van der Waals surface area contributed by atoms with Crippen LogP contribution < -0.4 is 4.57 Å². The third-order valence-electron chi connectivity index (χ3n) is 5.17. The Morgan fingerprint density at radius 3 is 2.58 bits per heavy atom. The summed E-state index contributed by atoms with van der Waals surface area (Å²) in [7, 11) is 4.21. The van der Waals surface area contributed by atoms with E-state index in [2.05, 4.69) is 79.8 Å². The second-order valence-electron chi connectivity index (χ2n) is 6.84. The van der Waals surface area contributed by atoms with Gasteiger partial charge in [0.2, 0.25) is 5.52 Å². The first-order valence-corrected chi connectivity index (χ1v) is 8.24. The Kier molecular flexibility index (Phi) is 2.49. The van der Waals surface area contributed by atoms with Crippen molar-refractivity contribution in [1.29, 1.82) is 0 Å². The van der Waals surface area contributed by atoms with Crippen LogP contribution in [-0.2, 0) is 14.1 Å². The Morgan fingerprint density at radius 2 is 1.75 bits per heavy atom. The van der Waals surface area contributed by atoms with Crippen molar-refractivity contribution in [3.05, 3.63) is 53.9 Å². The first-order valence-electron chi connectivity index (χ1n) is 8.24. The number of aromatic nitrogens is 2. The maximum absolute atomic E-state index is 6.36. The Bertz CT molecular complexity index is 1290. The highest BCUT2D eigenvalue weighted by Gasteiger charge is 2.19. The first-order chi connectivity index (χ1) is 11.5. The van der Waals surface area contributed by atoms with Gasteiger partial charge in [0.15, 0.2) is 6.20 Å². The summed E-state index contributed by atoms with van der Waals surface area (Å²) >= 11 is 0. The van der Waals surface area contributed by atoms with Gasteiger partial charge in [-0.3, -0.25) is 0 Å². The molecule has 0 unspecified atom stereocenters. The molecule has 24 heavy (non-hydrogen) atoms. The van der Waals surface area contributed by atoms with E-state index in [9.17, 15) is 0 Å². The van der Waals surface area contributed by atoms with E-state index in [1.807, 2.05) is 0 Å². The Morgan fingerprint density at radius 1 is 0.958 bits per heavy atom. The minimum Gasteiger partial charge on any atom is -0.456 e. The van der Waals surface area contributed by atoms with Gasteiger partial charge in [-0.2, -0.15) is 0 Å². The zero-order chi connectivity index (χ0) is 16.6. The summed E-state index contributed by atoms with van der Waals surface area (Å²) in [4.78, 5) is 0. The van der Waals surface area contributed by atoms with Crippen LogP contribution in [0, 0.1) is 13.8 Å². The van der Waals surface area contributed by atoms with Crippen LogP contribution in [0.15, 0.2) is 47.1 Å². The van der Waals surface area contributed by atoms with Gasteiger partial charge in [-0.15, -0.1) is 0 Å². The number of nitrogens with zero attached hydrogens (tertiary/aromatic N) is 2. The molecule has 3 heteroatoms. The van der Waals surface area contributed by atoms with Crippen LogP contribution in [0.25, 0.3) is 43.7 Å². The molecule has 2 aromatic carbocycles. The molecule has 3 heterocycles. The number of pyridine rings is 1. The van der Waals surface area contributed by atoms with Gasteiger partial charge in [0, 0.05) is 30.3 Å². The number of aryl methyl sites for hydroxylation is 4. The second-order valence-corrected chi connectivity index (χ2v) is 6.84. The molecule has 0 aliphatic rings. The van der Waals surface area contributed by atoms with Crippen LogP contribution in [0.1, 0.15) is 11.1 Å². The minimum atomic E-state index is 0.951. The number of benzene rings is 2. The van der Waals surface area contributed by atoms with Crippen LogP contribution in [-0.4, -0.2) is 4.57 Å². The first kappa shape index (κ1) is 13.6. The van der Waals surface area contributed by atoms with E-state index in [0.29, 0.717) is 0 Å². The molecule has 0 amide bonds. The van der Waals surface area contributed by atoms with Gasteiger partial charge in [0.25, 0.3) is 0 Å². The molecule has 0 saturated carbocycles. The molecule has 0 atom stereocenters. The topological polar surface area (TPSA) is 21.9 Å². The smallest absolute Gasteiger partial charge is 0.216 e. The standard InChI is InChI=1S/C21H19N2O/c1-12-9-14-5-7-23(4)21-18-13(2)20-15(6-8-22(20)3)11-17(18)24-16(10-12)19(14)21/h5-11H,1-4H3/q+1. The van der Waals surface area contributed by atoms with E-state index in [-0.39, 0.29) is 0 Å². The third-order valence-corrected chi connectivity index (χ3v) is 5.17. The zero-order valence-electron chi connectivity index (χ0n) is 14.3. The molecule has 3 aromatic heterocycles. The van der Waals surface area contributed by atoms with Gasteiger partial charge in [-0.25, -0.2) is 4.57 Å². The number of hydrogen-bond donors (Lipinski definition) is 0. The van der Waals surface area contributed by atoms with Gasteiger partial charge in [0.05, 0.1) is 16.3 Å². The molecule has 0 spiro atoms. The maximum Gasteiger partial charge on any atom is 0.216 e. The Labute approximate surface area is 139 Å². The summed E-state index contributed by atoms with van der Waals surface area (Å²) in [6.07, 6.45) is 4.26. The van der Waals surface area contributed by atoms with E-state index in [1.165, 1.54) is 43.7 Å². The number of rotatable bonds is 0. The average Bonchev–Trinajstić information content (AvgIpc) is 2.91. The van der Waals surface area contributed by atoms with E-state index < -0.39 is 0 Å². The van der Waals surface area contributed by atoms with Gasteiger partial charge in [-0.05, 0) is 43.0 Å². The maximum atomic E-state index is 6.36. The molecule has 3 nitrogen and oxygen atoms in total. The third kappa shape index (κ3) is 1.59. The molecular formula is C21H19N2O+. The monoisotopic (exact) mass is 315 g/mol. The fraction of sp³-hybridized carbons (Fsp3) is 0.190. The predicted molar refractivity (Wildman–Crippen MR) is 98.4 cm³/mol. The highest BCUT2D eigenvalue weighted by Crippen LogP contribution is 2.37. The van der Waals surface area contributed by atoms with Gasteiger partial charge >= 0.3 is 0 Å². The van der Waals surface area contributed by atoms with Crippen molar-refractivity contribution in [1.82, 2.24) is 4.57 Å². The summed E-state index contributed by atoms with van der Waals surface area (Å²) in [6, 6.07) is 10.9. The highest BCUT2D eigenvalue weighted by atomic mass is 16.3. The van der Waals surface area contributed by atoms with Gasteiger partial charge in [0.1, 0.15) is 18.2 Å². The van der Waals surface area contributed by atoms with Crippen LogP contribution >= 0.6 is 0 Å². The van der Waals surface area contributed by atoms with E-state index in [0.717, 1.165) is 11.2 Å². The van der Waals surface area contributed by atoms with Crippen molar-refractivity contribution in [2.45, 2.75) is 13.8 Å². The lowest BCUT2D eigenvalue weighted by molar-refractivity contribution is -0.642. The van der Waals surface area contributed by atoms with Crippen LogP contribution in [0.2, 0.25) is 0 Å². The molecule has 5 rings (SSSR count). The largest absolute Gasteiger partial charge is 0.456 e. The Hall–Kier alpha value is -2.81. The lowest BCUT2D eigenvalue weighted by Crippen LogP contribution is -2.25. The highest BCUT2D eigenvalue weighted by molar-refractivity contribution is 6.18. The predicted octanol–water partition coefficient (Wildman–Crippen LogP) is 4.67. The Balaban J connectivity index is 2.19. The normalized spacial score (nSPS) is 12.2. The fourth-order valence-corrected chi connectivity index (χ4v) is 4.15. The van der Waals surface area contributed by atoms with E-state index in [4.69, 9.17) is 4.42 Å². The molecule has 0 bridgehead atoms. The number of fused-ring (bicyclic) bond motifs is 3. The second kappa shape index (κ2) is 4.38. The lowest BCUT2D eigenvalue weighted by Gasteiger charge is -2.14. The SMILES string of the molecule is Cc1cc2ccn(C)c3c4c(C)c5c(cc[n+]5C)cc4oc(c1)c23. The number of hydrogen-bond acceptors (Lipinski definition) is 1. The molecule has 0 saturated heterocycles. The van der Waals surface area contributed by atoms with Crippen molar-refractivity contribution < 1.29 is 8.98 Å².